The monoisotopic (exact) mass is 1010 g/mol. The minimum Gasteiger partial charge on any atom is -0.378 e. The van der Waals surface area contributed by atoms with Crippen molar-refractivity contribution in [2.75, 3.05) is 9.80 Å². The summed E-state index contributed by atoms with van der Waals surface area (Å²) in [6.45, 7) is 30.6. The Morgan fingerprint density at radius 2 is 0.974 bits per heavy atom. The summed E-state index contributed by atoms with van der Waals surface area (Å²) >= 11 is 0. The van der Waals surface area contributed by atoms with Crippen molar-refractivity contribution < 1.29 is 0 Å². The molecule has 0 atom stereocenters. The van der Waals surface area contributed by atoms with E-state index in [2.05, 4.69) is 292 Å². The van der Waals surface area contributed by atoms with Crippen molar-refractivity contribution in [2.24, 2.45) is 0 Å². The van der Waals surface area contributed by atoms with E-state index in [9.17, 15) is 0 Å². The molecule has 0 unspecified atom stereocenters. The largest absolute Gasteiger partial charge is 0.378 e. The Morgan fingerprint density at radius 3 is 1.60 bits per heavy atom. The Hall–Kier alpha value is -7.82. The fourth-order valence-corrected chi connectivity index (χ4v) is 14.4. The molecule has 0 bridgehead atoms. The molecule has 3 heterocycles. The van der Waals surface area contributed by atoms with Crippen LogP contribution in [0.4, 0.5) is 34.1 Å². The molecule has 3 nitrogen and oxygen atoms in total. The lowest BCUT2D eigenvalue weighted by Gasteiger charge is -2.45. The quantitative estimate of drug-likeness (QED) is 0.159. The predicted molar refractivity (Wildman–Crippen MR) is 334 cm³/mol. The van der Waals surface area contributed by atoms with Gasteiger partial charge in [-0.2, -0.15) is 0 Å². The van der Waals surface area contributed by atoms with Crippen LogP contribution in [-0.2, 0) is 27.1 Å². The molecule has 14 rings (SSSR count). The molecule has 4 heteroatoms. The molecule has 384 valence electrons. The molecule has 0 saturated carbocycles. The molecule has 0 fully saturated rings. The SMILES string of the molecule is CC(C)(C)c1ccc(N(c2ccc(C(C)(C)C)cc2)c2ccc3c(c2)N(c2ccc(C(C)(C)C)cc2-c2ccccc2)c2c4c(cc5c2C(C)(C)c2ccccc2-5)-c2cccc5c6c(n(c25)B34)C(C)(C)c2ccccc2-6)cc1. The van der Waals surface area contributed by atoms with Gasteiger partial charge in [0.1, 0.15) is 0 Å². The lowest BCUT2D eigenvalue weighted by Crippen LogP contribution is -2.58. The zero-order valence-corrected chi connectivity index (χ0v) is 47.8. The van der Waals surface area contributed by atoms with E-state index in [1.165, 1.54) is 122 Å². The highest BCUT2D eigenvalue weighted by molar-refractivity contribution is 6.89. The maximum Gasteiger partial charge on any atom is 0.332 e. The summed E-state index contributed by atoms with van der Waals surface area (Å²) in [7, 11) is 0. The van der Waals surface area contributed by atoms with E-state index < -0.39 is 0 Å². The summed E-state index contributed by atoms with van der Waals surface area (Å²) in [5.74, 6) is 0. The Labute approximate surface area is 463 Å². The predicted octanol–water partition coefficient (Wildman–Crippen LogP) is 18.7. The number of nitrogens with zero attached hydrogens (tertiary/aromatic N) is 3. The number of hydrogen-bond acceptors (Lipinski definition) is 2. The Balaban J connectivity index is 1.14. The van der Waals surface area contributed by atoms with Gasteiger partial charge in [0.25, 0.3) is 0 Å². The lowest BCUT2D eigenvalue weighted by molar-refractivity contribution is 0.590. The topological polar surface area (TPSA) is 11.4 Å². The van der Waals surface area contributed by atoms with Gasteiger partial charge in [0.05, 0.1) is 5.69 Å². The van der Waals surface area contributed by atoms with E-state index in [0.717, 1.165) is 17.1 Å². The van der Waals surface area contributed by atoms with E-state index in [1.54, 1.807) is 0 Å². The molecular formula is C74H70BN3. The average Bonchev–Trinajstić information content (AvgIpc) is 2.47. The minimum atomic E-state index is -0.331. The highest BCUT2D eigenvalue weighted by atomic mass is 15.2. The molecule has 2 aliphatic carbocycles. The average molecular weight is 1010 g/mol. The molecule has 0 saturated heterocycles. The van der Waals surface area contributed by atoms with Gasteiger partial charge >= 0.3 is 6.85 Å². The summed E-state index contributed by atoms with van der Waals surface area (Å²) < 4.78 is 2.83. The van der Waals surface area contributed by atoms with E-state index in [0.29, 0.717) is 0 Å². The molecule has 0 spiro atoms. The number of benzene rings is 9. The van der Waals surface area contributed by atoms with Crippen LogP contribution in [0, 0.1) is 0 Å². The number of fused-ring (bicyclic) bond motifs is 13. The van der Waals surface area contributed by atoms with Crippen LogP contribution in [0.25, 0.3) is 55.4 Å². The third kappa shape index (κ3) is 6.84. The summed E-state index contributed by atoms with van der Waals surface area (Å²) in [6, 6.07) is 72.9. The first kappa shape index (κ1) is 48.5. The number of hydrogen-bond donors (Lipinski definition) is 0. The highest BCUT2D eigenvalue weighted by Gasteiger charge is 2.52. The molecule has 10 aromatic rings. The minimum absolute atomic E-state index is 0.0155. The smallest absolute Gasteiger partial charge is 0.332 e. The second-order valence-electron chi connectivity index (χ2n) is 27.0. The second-order valence-corrected chi connectivity index (χ2v) is 27.0. The Kier molecular flexibility index (Phi) is 10.2. The maximum atomic E-state index is 2.83. The van der Waals surface area contributed by atoms with E-state index in [-0.39, 0.29) is 33.9 Å². The van der Waals surface area contributed by atoms with Gasteiger partial charge < -0.3 is 14.3 Å². The summed E-state index contributed by atoms with van der Waals surface area (Å²) in [5, 5.41) is 1.34. The Bertz CT molecular complexity index is 4070. The Morgan fingerprint density at radius 1 is 0.423 bits per heavy atom. The van der Waals surface area contributed by atoms with Crippen LogP contribution >= 0.6 is 0 Å². The molecule has 78 heavy (non-hydrogen) atoms. The first-order chi connectivity index (χ1) is 37.1. The number of rotatable bonds is 5. The van der Waals surface area contributed by atoms with E-state index in [4.69, 9.17) is 0 Å². The van der Waals surface area contributed by atoms with E-state index >= 15 is 0 Å². The standard InChI is InChI=1S/C74H70BN3/c1-70(2,3)46-30-35-49(36-31-46)76(50-37-32-47(33-38-50)71(4,5)6)51-39-40-61-63(43-51)77(62-41-34-48(72(7,8)9)42-56(62)45-22-15-14-16-23-45)68-65-57(52-24-17-19-28-59(52)73(65,10)11)44-58-53-26-21-27-55-64-54-25-18-20-29-60(54)74(12,13)69(64)78(67(53)55)75(61)66(58)68/h14-44H,1-13H3. The van der Waals surface area contributed by atoms with Crippen molar-refractivity contribution in [3.63, 3.8) is 0 Å². The molecular weight excluding hydrogens is 942 g/mol. The van der Waals surface area contributed by atoms with E-state index in [1.807, 2.05) is 0 Å². The van der Waals surface area contributed by atoms with Gasteiger partial charge in [0, 0.05) is 72.6 Å². The zero-order chi connectivity index (χ0) is 54.2. The number of aromatic nitrogens is 1. The van der Waals surface area contributed by atoms with Crippen LogP contribution < -0.4 is 20.7 Å². The molecule has 0 radical (unpaired) electrons. The van der Waals surface area contributed by atoms with Crippen LogP contribution in [0.2, 0.25) is 0 Å². The third-order valence-corrected chi connectivity index (χ3v) is 18.4. The first-order valence-electron chi connectivity index (χ1n) is 28.4. The molecule has 2 aliphatic heterocycles. The van der Waals surface area contributed by atoms with Gasteiger partial charge in [-0.1, -0.05) is 223 Å². The maximum absolute atomic E-state index is 2.83. The van der Waals surface area contributed by atoms with Gasteiger partial charge in [-0.3, -0.25) is 0 Å². The van der Waals surface area contributed by atoms with Crippen LogP contribution in [0.15, 0.2) is 188 Å². The lowest BCUT2D eigenvalue weighted by atomic mass is 9.44. The van der Waals surface area contributed by atoms with Gasteiger partial charge in [-0.05, 0) is 143 Å². The van der Waals surface area contributed by atoms with Crippen molar-refractivity contribution in [1.29, 1.82) is 0 Å². The van der Waals surface area contributed by atoms with Crippen molar-refractivity contribution >= 4 is 62.8 Å². The molecule has 1 aromatic heterocycles. The number of para-hydroxylation sites is 1. The van der Waals surface area contributed by atoms with Gasteiger partial charge in [-0.25, -0.2) is 0 Å². The molecule has 0 N–H and O–H groups in total. The van der Waals surface area contributed by atoms with Crippen LogP contribution in [0.1, 0.15) is 129 Å². The van der Waals surface area contributed by atoms with Crippen molar-refractivity contribution in [3.8, 4) is 44.5 Å². The van der Waals surface area contributed by atoms with Crippen molar-refractivity contribution in [1.82, 2.24) is 4.48 Å². The van der Waals surface area contributed by atoms with Gasteiger partial charge in [0.2, 0.25) is 0 Å². The summed E-state index contributed by atoms with van der Waals surface area (Å²) in [4.78, 5) is 5.24. The molecule has 4 aliphatic rings. The van der Waals surface area contributed by atoms with Crippen LogP contribution in [0.3, 0.4) is 0 Å². The fourth-order valence-electron chi connectivity index (χ4n) is 14.4. The zero-order valence-electron chi connectivity index (χ0n) is 47.8. The van der Waals surface area contributed by atoms with Crippen LogP contribution in [-0.4, -0.2) is 11.3 Å². The van der Waals surface area contributed by atoms with Gasteiger partial charge in [0.15, 0.2) is 0 Å². The normalized spacial score (nSPS) is 15.1. The van der Waals surface area contributed by atoms with Crippen molar-refractivity contribution in [2.45, 2.75) is 117 Å². The molecule has 0 amide bonds. The third-order valence-electron chi connectivity index (χ3n) is 18.4. The summed E-state index contributed by atoms with van der Waals surface area (Å²) in [5.41, 5.74) is 30.4. The summed E-state index contributed by atoms with van der Waals surface area (Å²) in [6.07, 6.45) is 0. The van der Waals surface area contributed by atoms with Crippen LogP contribution in [0.5, 0.6) is 0 Å². The van der Waals surface area contributed by atoms with Crippen molar-refractivity contribution in [3.05, 3.63) is 227 Å². The highest BCUT2D eigenvalue weighted by Crippen LogP contribution is 2.61. The fraction of sp³-hybridized carbons (Fsp3) is 0.243. The molecule has 9 aromatic carbocycles. The first-order valence-corrected chi connectivity index (χ1v) is 28.4. The second kappa shape index (κ2) is 16.4. The number of anilines is 6. The van der Waals surface area contributed by atoms with Gasteiger partial charge in [-0.15, -0.1) is 0 Å².